The molecule has 0 amide bonds. The van der Waals surface area contributed by atoms with E-state index in [1.54, 1.807) is 0 Å². The van der Waals surface area contributed by atoms with Gasteiger partial charge < -0.3 is 4.57 Å². The van der Waals surface area contributed by atoms with Crippen molar-refractivity contribution in [2.75, 3.05) is 0 Å². The molecule has 0 saturated carbocycles. The van der Waals surface area contributed by atoms with Gasteiger partial charge in [0.15, 0.2) is 5.65 Å². The van der Waals surface area contributed by atoms with E-state index < -0.39 is 0 Å². The molecule has 0 aliphatic heterocycles. The molecule has 0 bridgehead atoms. The fourth-order valence-corrected chi connectivity index (χ4v) is 2.70. The van der Waals surface area contributed by atoms with Gasteiger partial charge in [0.25, 0.3) is 0 Å². The second-order valence-corrected chi connectivity index (χ2v) is 5.31. The van der Waals surface area contributed by atoms with Crippen LogP contribution in [-0.2, 0) is 5.88 Å². The Kier molecular flexibility index (Phi) is 3.91. The zero-order valence-corrected chi connectivity index (χ0v) is 12.2. The SMILES string of the molecule is CCC(C(C)C)n1c(CCl)nc2ccc(C)nc21. The van der Waals surface area contributed by atoms with Crippen LogP contribution < -0.4 is 0 Å². The summed E-state index contributed by atoms with van der Waals surface area (Å²) in [6.45, 7) is 8.67. The number of fused-ring (bicyclic) bond motifs is 1. The molecule has 1 atom stereocenters. The molecular formula is C14H20ClN3. The van der Waals surface area contributed by atoms with Crippen molar-refractivity contribution in [1.29, 1.82) is 0 Å². The number of pyridine rings is 1. The van der Waals surface area contributed by atoms with Crippen molar-refractivity contribution in [1.82, 2.24) is 14.5 Å². The average Bonchev–Trinajstić information content (AvgIpc) is 2.68. The maximum atomic E-state index is 6.04. The summed E-state index contributed by atoms with van der Waals surface area (Å²) in [5.41, 5.74) is 2.92. The van der Waals surface area contributed by atoms with E-state index in [0.29, 0.717) is 17.8 Å². The van der Waals surface area contributed by atoms with Gasteiger partial charge in [-0.2, -0.15) is 0 Å². The van der Waals surface area contributed by atoms with E-state index in [2.05, 4.69) is 35.3 Å². The van der Waals surface area contributed by atoms with Gasteiger partial charge >= 0.3 is 0 Å². The molecule has 0 saturated heterocycles. The third-order valence-electron chi connectivity index (χ3n) is 3.39. The van der Waals surface area contributed by atoms with E-state index in [4.69, 9.17) is 11.6 Å². The molecule has 0 N–H and O–H groups in total. The zero-order valence-electron chi connectivity index (χ0n) is 11.4. The van der Waals surface area contributed by atoms with Gasteiger partial charge in [-0.3, -0.25) is 0 Å². The predicted molar refractivity (Wildman–Crippen MR) is 76.0 cm³/mol. The Morgan fingerprint density at radius 2 is 2.00 bits per heavy atom. The molecule has 0 spiro atoms. The Hall–Kier alpha value is -1.09. The van der Waals surface area contributed by atoms with Gasteiger partial charge in [0, 0.05) is 11.7 Å². The van der Waals surface area contributed by atoms with E-state index in [1.165, 1.54) is 0 Å². The zero-order chi connectivity index (χ0) is 13.3. The summed E-state index contributed by atoms with van der Waals surface area (Å²) in [5, 5.41) is 0. The Labute approximate surface area is 113 Å². The third kappa shape index (κ3) is 2.24. The molecule has 3 nitrogen and oxygen atoms in total. The molecule has 0 fully saturated rings. The highest BCUT2D eigenvalue weighted by Gasteiger charge is 2.20. The van der Waals surface area contributed by atoms with Crippen molar-refractivity contribution in [2.24, 2.45) is 5.92 Å². The molecular weight excluding hydrogens is 246 g/mol. The minimum Gasteiger partial charge on any atom is -0.308 e. The second kappa shape index (κ2) is 5.27. The molecule has 0 aromatic carbocycles. The first kappa shape index (κ1) is 13.3. The van der Waals surface area contributed by atoms with Crippen molar-refractivity contribution in [3.05, 3.63) is 23.7 Å². The van der Waals surface area contributed by atoms with Gasteiger partial charge in [-0.15, -0.1) is 11.6 Å². The molecule has 98 valence electrons. The summed E-state index contributed by atoms with van der Waals surface area (Å²) in [5.74, 6) is 1.89. The summed E-state index contributed by atoms with van der Waals surface area (Å²) in [6, 6.07) is 4.42. The van der Waals surface area contributed by atoms with E-state index in [-0.39, 0.29) is 0 Å². The van der Waals surface area contributed by atoms with Gasteiger partial charge in [0.05, 0.1) is 5.88 Å². The highest BCUT2D eigenvalue weighted by Crippen LogP contribution is 2.28. The fraction of sp³-hybridized carbons (Fsp3) is 0.571. The van der Waals surface area contributed by atoms with Crippen LogP contribution in [0.4, 0.5) is 0 Å². The lowest BCUT2D eigenvalue weighted by Crippen LogP contribution is -2.17. The lowest BCUT2D eigenvalue weighted by molar-refractivity contribution is 0.365. The Bertz CT molecular complexity index is 545. The highest BCUT2D eigenvalue weighted by molar-refractivity contribution is 6.16. The molecule has 0 aliphatic carbocycles. The Balaban J connectivity index is 2.68. The van der Waals surface area contributed by atoms with Gasteiger partial charge in [-0.1, -0.05) is 20.8 Å². The average molecular weight is 266 g/mol. The van der Waals surface area contributed by atoms with Crippen molar-refractivity contribution in [3.8, 4) is 0 Å². The number of aromatic nitrogens is 3. The molecule has 2 aromatic rings. The summed E-state index contributed by atoms with van der Waals surface area (Å²) in [4.78, 5) is 9.23. The normalized spacial score (nSPS) is 13.4. The molecule has 0 radical (unpaired) electrons. The fourth-order valence-electron chi connectivity index (χ4n) is 2.51. The predicted octanol–water partition coefficient (Wildman–Crippen LogP) is 4.09. The minimum absolute atomic E-state index is 0.401. The van der Waals surface area contributed by atoms with Crippen LogP contribution in [-0.4, -0.2) is 14.5 Å². The van der Waals surface area contributed by atoms with E-state index >= 15 is 0 Å². The lowest BCUT2D eigenvalue weighted by Gasteiger charge is -2.23. The Morgan fingerprint density at radius 3 is 2.56 bits per heavy atom. The highest BCUT2D eigenvalue weighted by atomic mass is 35.5. The van der Waals surface area contributed by atoms with Crippen molar-refractivity contribution < 1.29 is 0 Å². The number of imidazole rings is 1. The van der Waals surface area contributed by atoms with Gasteiger partial charge in [-0.05, 0) is 31.4 Å². The second-order valence-electron chi connectivity index (χ2n) is 5.05. The first-order chi connectivity index (χ1) is 8.58. The van der Waals surface area contributed by atoms with Crippen LogP contribution in [0.1, 0.15) is 44.8 Å². The minimum atomic E-state index is 0.401. The largest absolute Gasteiger partial charge is 0.308 e. The van der Waals surface area contributed by atoms with Crippen LogP contribution in [0, 0.1) is 12.8 Å². The molecule has 2 aromatic heterocycles. The summed E-state index contributed by atoms with van der Waals surface area (Å²) < 4.78 is 2.22. The quantitative estimate of drug-likeness (QED) is 0.780. The van der Waals surface area contributed by atoms with Gasteiger partial charge in [0.1, 0.15) is 11.3 Å². The smallest absolute Gasteiger partial charge is 0.160 e. The molecule has 1 unspecified atom stereocenters. The molecule has 18 heavy (non-hydrogen) atoms. The number of hydrogen-bond acceptors (Lipinski definition) is 2. The first-order valence-electron chi connectivity index (χ1n) is 6.48. The van der Waals surface area contributed by atoms with Crippen molar-refractivity contribution in [2.45, 2.75) is 46.0 Å². The Morgan fingerprint density at radius 1 is 1.28 bits per heavy atom. The van der Waals surface area contributed by atoms with Crippen molar-refractivity contribution in [3.63, 3.8) is 0 Å². The summed E-state index contributed by atoms with van der Waals surface area (Å²) in [7, 11) is 0. The number of alkyl halides is 1. The van der Waals surface area contributed by atoms with Crippen LogP contribution in [0.3, 0.4) is 0 Å². The standard InChI is InChI=1S/C14H20ClN3/c1-5-12(9(2)3)18-13(8-15)17-11-7-6-10(4)16-14(11)18/h6-7,9,12H,5,8H2,1-4H3. The van der Waals surface area contributed by atoms with Crippen molar-refractivity contribution >= 4 is 22.8 Å². The van der Waals surface area contributed by atoms with Crippen LogP contribution in [0.25, 0.3) is 11.2 Å². The lowest BCUT2D eigenvalue weighted by atomic mass is 10.0. The topological polar surface area (TPSA) is 30.7 Å². The number of hydrogen-bond donors (Lipinski definition) is 0. The molecule has 0 aliphatic rings. The van der Waals surface area contributed by atoms with E-state index in [9.17, 15) is 0 Å². The number of rotatable bonds is 4. The first-order valence-corrected chi connectivity index (χ1v) is 7.02. The van der Waals surface area contributed by atoms with Crippen LogP contribution in [0.5, 0.6) is 0 Å². The number of nitrogens with zero attached hydrogens (tertiary/aromatic N) is 3. The van der Waals surface area contributed by atoms with E-state index in [1.807, 2.05) is 19.1 Å². The van der Waals surface area contributed by atoms with Crippen LogP contribution >= 0.6 is 11.6 Å². The van der Waals surface area contributed by atoms with Crippen LogP contribution in [0.2, 0.25) is 0 Å². The monoisotopic (exact) mass is 265 g/mol. The van der Waals surface area contributed by atoms with Gasteiger partial charge in [0.2, 0.25) is 0 Å². The number of aryl methyl sites for hydroxylation is 1. The maximum absolute atomic E-state index is 6.04. The van der Waals surface area contributed by atoms with Gasteiger partial charge in [-0.25, -0.2) is 9.97 Å². The molecule has 4 heteroatoms. The molecule has 2 rings (SSSR count). The maximum Gasteiger partial charge on any atom is 0.160 e. The molecule has 2 heterocycles. The van der Waals surface area contributed by atoms with Crippen LogP contribution in [0.15, 0.2) is 12.1 Å². The third-order valence-corrected chi connectivity index (χ3v) is 3.63. The summed E-state index contributed by atoms with van der Waals surface area (Å²) in [6.07, 6.45) is 1.06. The van der Waals surface area contributed by atoms with E-state index in [0.717, 1.165) is 29.1 Å². The number of halogens is 1. The summed E-state index contributed by atoms with van der Waals surface area (Å²) >= 11 is 6.04.